The van der Waals surface area contributed by atoms with Crippen molar-refractivity contribution in [1.82, 2.24) is 0 Å². The summed E-state index contributed by atoms with van der Waals surface area (Å²) in [5.41, 5.74) is 2.09. The smallest absolute Gasteiger partial charge is 0.255 e. The van der Waals surface area contributed by atoms with Gasteiger partial charge >= 0.3 is 0 Å². The average Bonchev–Trinajstić information content (AvgIpc) is 2.56. The number of carbonyl (C=O) groups is 1. The van der Waals surface area contributed by atoms with Crippen LogP contribution in [0.5, 0.6) is 5.75 Å². The van der Waals surface area contributed by atoms with Gasteiger partial charge in [0.25, 0.3) is 5.91 Å². The zero-order chi connectivity index (χ0) is 16.7. The van der Waals surface area contributed by atoms with Crippen molar-refractivity contribution in [2.75, 3.05) is 11.9 Å². The zero-order valence-corrected chi connectivity index (χ0v) is 13.6. The molecular formula is C19H23NO3. The number of amides is 1. The van der Waals surface area contributed by atoms with Gasteiger partial charge in [-0.25, -0.2) is 0 Å². The van der Waals surface area contributed by atoms with Gasteiger partial charge in [0.2, 0.25) is 0 Å². The van der Waals surface area contributed by atoms with Gasteiger partial charge in [-0.15, -0.1) is 0 Å². The fourth-order valence-electron chi connectivity index (χ4n) is 2.09. The van der Waals surface area contributed by atoms with E-state index in [9.17, 15) is 9.90 Å². The number of aliphatic hydroxyl groups excluding tert-OH is 1. The van der Waals surface area contributed by atoms with Crippen LogP contribution < -0.4 is 10.1 Å². The molecule has 0 aliphatic heterocycles. The maximum absolute atomic E-state index is 12.2. The topological polar surface area (TPSA) is 58.6 Å². The van der Waals surface area contributed by atoms with Crippen molar-refractivity contribution in [3.63, 3.8) is 0 Å². The third-order valence-electron chi connectivity index (χ3n) is 3.53. The molecule has 2 aromatic carbocycles. The number of hydrogen-bond donors (Lipinski definition) is 2. The van der Waals surface area contributed by atoms with Gasteiger partial charge in [-0.3, -0.25) is 4.79 Å². The number of ether oxygens (including phenoxy) is 1. The highest BCUT2D eigenvalue weighted by molar-refractivity contribution is 6.04. The van der Waals surface area contributed by atoms with E-state index in [-0.39, 0.29) is 5.91 Å². The molecule has 122 valence electrons. The molecule has 1 amide bonds. The molecule has 23 heavy (non-hydrogen) atoms. The van der Waals surface area contributed by atoms with E-state index in [1.807, 2.05) is 0 Å². The van der Waals surface area contributed by atoms with Crippen LogP contribution in [0.25, 0.3) is 0 Å². The second-order valence-corrected chi connectivity index (χ2v) is 5.48. The molecule has 0 spiro atoms. The minimum absolute atomic E-state index is 0.171. The third-order valence-corrected chi connectivity index (χ3v) is 3.53. The van der Waals surface area contributed by atoms with Crippen molar-refractivity contribution in [1.29, 1.82) is 0 Å². The molecule has 0 radical (unpaired) electrons. The molecule has 2 rings (SSSR count). The first-order valence-electron chi connectivity index (χ1n) is 7.92. The number of hydrogen-bond acceptors (Lipinski definition) is 3. The summed E-state index contributed by atoms with van der Waals surface area (Å²) in [4.78, 5) is 12.2. The van der Waals surface area contributed by atoms with Crippen LogP contribution in [0.1, 0.15) is 48.7 Å². The van der Waals surface area contributed by atoms with Crippen LogP contribution in [-0.2, 0) is 0 Å². The number of aliphatic hydroxyl groups is 1. The summed E-state index contributed by atoms with van der Waals surface area (Å²) in [6, 6.07) is 14.3. The van der Waals surface area contributed by atoms with Crippen molar-refractivity contribution >= 4 is 11.6 Å². The predicted molar refractivity (Wildman–Crippen MR) is 91.9 cm³/mol. The Labute approximate surface area is 137 Å². The van der Waals surface area contributed by atoms with E-state index in [1.54, 1.807) is 55.5 Å². The molecule has 2 N–H and O–H groups in total. The fourth-order valence-corrected chi connectivity index (χ4v) is 2.09. The molecule has 0 aliphatic carbocycles. The number of carbonyl (C=O) groups excluding carboxylic acids is 1. The Bertz CT molecular complexity index is 618. The highest BCUT2D eigenvalue weighted by Crippen LogP contribution is 2.17. The zero-order valence-electron chi connectivity index (χ0n) is 13.6. The van der Waals surface area contributed by atoms with Gasteiger partial charge in [0, 0.05) is 11.3 Å². The van der Waals surface area contributed by atoms with Crippen LogP contribution >= 0.6 is 0 Å². The summed E-state index contributed by atoms with van der Waals surface area (Å²) in [6.07, 6.45) is 1.60. The Morgan fingerprint density at radius 3 is 2.35 bits per heavy atom. The Morgan fingerprint density at radius 1 is 1.13 bits per heavy atom. The normalized spacial score (nSPS) is 11.8. The van der Waals surface area contributed by atoms with E-state index in [1.165, 1.54) is 0 Å². The molecule has 1 atom stereocenters. The lowest BCUT2D eigenvalue weighted by Crippen LogP contribution is -2.11. The van der Waals surface area contributed by atoms with Crippen LogP contribution in [-0.4, -0.2) is 17.6 Å². The Hall–Kier alpha value is -2.33. The molecule has 2 aromatic rings. The van der Waals surface area contributed by atoms with Crippen LogP contribution in [0.3, 0.4) is 0 Å². The van der Waals surface area contributed by atoms with E-state index in [2.05, 4.69) is 12.2 Å². The van der Waals surface area contributed by atoms with Crippen molar-refractivity contribution in [2.24, 2.45) is 0 Å². The van der Waals surface area contributed by atoms with Gasteiger partial charge in [0.1, 0.15) is 5.75 Å². The number of anilines is 1. The van der Waals surface area contributed by atoms with Gasteiger partial charge in [-0.1, -0.05) is 25.5 Å². The number of rotatable bonds is 7. The van der Waals surface area contributed by atoms with Crippen LogP contribution in [0.2, 0.25) is 0 Å². The molecular weight excluding hydrogens is 290 g/mol. The monoisotopic (exact) mass is 313 g/mol. The lowest BCUT2D eigenvalue weighted by atomic mass is 10.1. The van der Waals surface area contributed by atoms with Crippen LogP contribution in [0.15, 0.2) is 48.5 Å². The summed E-state index contributed by atoms with van der Waals surface area (Å²) in [7, 11) is 0. The van der Waals surface area contributed by atoms with Gasteiger partial charge in [0.15, 0.2) is 0 Å². The summed E-state index contributed by atoms with van der Waals surface area (Å²) in [6.45, 7) is 4.51. The van der Waals surface area contributed by atoms with Gasteiger partial charge in [-0.05, 0) is 55.3 Å². The molecule has 0 bridgehead atoms. The number of benzene rings is 2. The molecule has 0 fully saturated rings. The Balaban J connectivity index is 1.94. The maximum atomic E-state index is 12.2. The van der Waals surface area contributed by atoms with Crippen LogP contribution in [0.4, 0.5) is 5.69 Å². The Kier molecular flexibility index (Phi) is 6.18. The average molecular weight is 313 g/mol. The molecule has 4 heteroatoms. The molecule has 0 aliphatic rings. The number of unbranched alkanes of at least 4 members (excludes halogenated alkanes) is 1. The molecule has 0 aromatic heterocycles. The fraction of sp³-hybridized carbons (Fsp3) is 0.316. The Morgan fingerprint density at radius 2 is 1.78 bits per heavy atom. The third kappa shape index (κ3) is 5.11. The second kappa shape index (κ2) is 8.34. The first-order valence-corrected chi connectivity index (χ1v) is 7.92. The maximum Gasteiger partial charge on any atom is 0.255 e. The molecule has 0 saturated carbocycles. The van der Waals surface area contributed by atoms with E-state index in [4.69, 9.17) is 4.74 Å². The van der Waals surface area contributed by atoms with Gasteiger partial charge < -0.3 is 15.2 Å². The van der Waals surface area contributed by atoms with E-state index < -0.39 is 6.10 Å². The highest BCUT2D eigenvalue weighted by Gasteiger charge is 2.07. The molecule has 0 heterocycles. The predicted octanol–water partition coefficient (Wildman–Crippen LogP) is 4.17. The van der Waals surface area contributed by atoms with Crippen molar-refractivity contribution in [3.8, 4) is 5.75 Å². The van der Waals surface area contributed by atoms with Gasteiger partial charge in [0.05, 0.1) is 12.7 Å². The standard InChI is InChI=1S/C19H23NO3/c1-3-4-13-23-18-11-7-16(8-12-18)19(22)20-17-9-5-15(6-10-17)14(2)21/h5-12,14,21H,3-4,13H2,1-2H3,(H,20,22)/t14-/m0/s1. The quantitative estimate of drug-likeness (QED) is 0.754. The summed E-state index contributed by atoms with van der Waals surface area (Å²) in [5, 5.41) is 12.3. The largest absolute Gasteiger partial charge is 0.494 e. The minimum Gasteiger partial charge on any atom is -0.494 e. The summed E-state index contributed by atoms with van der Waals surface area (Å²) < 4.78 is 5.58. The second-order valence-electron chi connectivity index (χ2n) is 5.48. The van der Waals surface area contributed by atoms with E-state index >= 15 is 0 Å². The lowest BCUT2D eigenvalue weighted by Gasteiger charge is -2.09. The van der Waals surface area contributed by atoms with Crippen molar-refractivity contribution in [2.45, 2.75) is 32.8 Å². The van der Waals surface area contributed by atoms with Crippen molar-refractivity contribution in [3.05, 3.63) is 59.7 Å². The number of nitrogens with one attached hydrogen (secondary N) is 1. The first-order chi connectivity index (χ1) is 11.1. The molecule has 0 saturated heterocycles. The highest BCUT2D eigenvalue weighted by atomic mass is 16.5. The first kappa shape index (κ1) is 17.0. The molecule has 4 nitrogen and oxygen atoms in total. The van der Waals surface area contributed by atoms with E-state index in [0.717, 1.165) is 24.2 Å². The SMILES string of the molecule is CCCCOc1ccc(C(=O)Nc2ccc([C@H](C)O)cc2)cc1. The summed E-state index contributed by atoms with van der Waals surface area (Å²) >= 11 is 0. The van der Waals surface area contributed by atoms with Crippen molar-refractivity contribution < 1.29 is 14.6 Å². The van der Waals surface area contributed by atoms with Crippen LogP contribution in [0, 0.1) is 0 Å². The summed E-state index contributed by atoms with van der Waals surface area (Å²) in [5.74, 6) is 0.603. The van der Waals surface area contributed by atoms with E-state index in [0.29, 0.717) is 17.9 Å². The molecule has 0 unspecified atom stereocenters. The minimum atomic E-state index is -0.514. The van der Waals surface area contributed by atoms with Gasteiger partial charge in [-0.2, -0.15) is 0 Å². The lowest BCUT2D eigenvalue weighted by molar-refractivity contribution is 0.102.